The Labute approximate surface area is 120 Å². The molecule has 2 heterocycles. The van der Waals surface area contributed by atoms with Gasteiger partial charge in [0.2, 0.25) is 0 Å². The van der Waals surface area contributed by atoms with E-state index in [1.807, 2.05) is 6.07 Å². The van der Waals surface area contributed by atoms with Gasteiger partial charge in [0.05, 0.1) is 6.61 Å². The number of hydrogen-bond acceptors (Lipinski definition) is 6. The fraction of sp³-hybridized carbons (Fsp3) is 0.714. The standard InChI is InChI=1S/C14H25N5O/c1-4-5-11-8-13(18-15)17-14(16-11)12-9-19(10(2)3)6-7-20-12/h8,10,12H,4-7,9,15H2,1-3H3,(H,16,17,18). The van der Waals surface area contributed by atoms with Crippen molar-refractivity contribution in [3.8, 4) is 0 Å². The lowest BCUT2D eigenvalue weighted by Crippen LogP contribution is -2.42. The fourth-order valence-corrected chi connectivity index (χ4v) is 2.41. The van der Waals surface area contributed by atoms with Gasteiger partial charge in [-0.05, 0) is 20.3 Å². The molecule has 1 atom stereocenters. The second kappa shape index (κ2) is 6.97. The van der Waals surface area contributed by atoms with Crippen molar-refractivity contribution in [2.24, 2.45) is 5.84 Å². The third kappa shape index (κ3) is 3.65. The van der Waals surface area contributed by atoms with Crippen molar-refractivity contribution in [3.05, 3.63) is 17.6 Å². The molecule has 0 radical (unpaired) electrons. The van der Waals surface area contributed by atoms with Crippen molar-refractivity contribution in [3.63, 3.8) is 0 Å². The predicted molar refractivity (Wildman–Crippen MR) is 79.2 cm³/mol. The van der Waals surface area contributed by atoms with Gasteiger partial charge in [-0.15, -0.1) is 0 Å². The quantitative estimate of drug-likeness (QED) is 0.628. The Morgan fingerprint density at radius 2 is 2.30 bits per heavy atom. The van der Waals surface area contributed by atoms with Gasteiger partial charge in [0.1, 0.15) is 11.9 Å². The zero-order valence-corrected chi connectivity index (χ0v) is 12.6. The van der Waals surface area contributed by atoms with Gasteiger partial charge in [-0.2, -0.15) is 0 Å². The zero-order chi connectivity index (χ0) is 14.5. The molecule has 1 fully saturated rings. The Balaban J connectivity index is 2.19. The highest BCUT2D eigenvalue weighted by Crippen LogP contribution is 2.22. The summed E-state index contributed by atoms with van der Waals surface area (Å²) in [6.45, 7) is 9.04. The number of morpholine rings is 1. The van der Waals surface area contributed by atoms with Gasteiger partial charge in [0, 0.05) is 30.9 Å². The summed E-state index contributed by atoms with van der Waals surface area (Å²) in [5.41, 5.74) is 3.63. The summed E-state index contributed by atoms with van der Waals surface area (Å²) in [6.07, 6.45) is 1.89. The van der Waals surface area contributed by atoms with E-state index in [-0.39, 0.29) is 6.10 Å². The molecule has 0 spiro atoms. The smallest absolute Gasteiger partial charge is 0.161 e. The lowest BCUT2D eigenvalue weighted by Gasteiger charge is -2.34. The summed E-state index contributed by atoms with van der Waals surface area (Å²) in [6, 6.07) is 2.41. The van der Waals surface area contributed by atoms with Crippen LogP contribution in [0.5, 0.6) is 0 Å². The number of nitrogens with one attached hydrogen (secondary N) is 1. The van der Waals surface area contributed by atoms with Gasteiger partial charge in [0.25, 0.3) is 0 Å². The molecule has 6 heteroatoms. The maximum absolute atomic E-state index is 5.84. The van der Waals surface area contributed by atoms with E-state index in [1.54, 1.807) is 0 Å². The van der Waals surface area contributed by atoms with Crippen LogP contribution >= 0.6 is 0 Å². The first-order valence-electron chi connectivity index (χ1n) is 7.34. The molecule has 0 saturated carbocycles. The molecule has 2 rings (SSSR count). The van der Waals surface area contributed by atoms with Crippen molar-refractivity contribution in [1.29, 1.82) is 0 Å². The second-order valence-electron chi connectivity index (χ2n) is 5.45. The minimum absolute atomic E-state index is 0.0740. The minimum atomic E-state index is -0.0740. The molecule has 1 aromatic rings. The number of hydrazine groups is 1. The molecule has 112 valence electrons. The number of rotatable bonds is 5. The van der Waals surface area contributed by atoms with Crippen molar-refractivity contribution in [2.75, 3.05) is 25.1 Å². The van der Waals surface area contributed by atoms with Gasteiger partial charge in [-0.25, -0.2) is 15.8 Å². The normalized spacial score (nSPS) is 20.4. The predicted octanol–water partition coefficient (Wildman–Crippen LogP) is 1.50. The Kier molecular flexibility index (Phi) is 5.28. The van der Waals surface area contributed by atoms with E-state index < -0.39 is 0 Å². The van der Waals surface area contributed by atoms with Gasteiger partial charge in [-0.3, -0.25) is 4.90 Å². The first kappa shape index (κ1) is 15.2. The number of ether oxygens (including phenoxy) is 1. The molecular formula is C14H25N5O. The molecule has 0 amide bonds. The number of hydrogen-bond donors (Lipinski definition) is 2. The van der Waals surface area contributed by atoms with Gasteiger partial charge >= 0.3 is 0 Å². The van der Waals surface area contributed by atoms with Crippen molar-refractivity contribution < 1.29 is 4.74 Å². The van der Waals surface area contributed by atoms with Crippen LogP contribution in [0.15, 0.2) is 6.07 Å². The van der Waals surface area contributed by atoms with Crippen LogP contribution in [0.25, 0.3) is 0 Å². The SMILES string of the molecule is CCCc1cc(NN)nc(C2CN(C(C)C)CCO2)n1. The van der Waals surface area contributed by atoms with Crippen LogP contribution in [0, 0.1) is 0 Å². The molecule has 1 aliphatic rings. The number of aryl methyl sites for hydroxylation is 1. The summed E-state index contributed by atoms with van der Waals surface area (Å²) in [5.74, 6) is 6.88. The number of anilines is 1. The van der Waals surface area contributed by atoms with Crippen LogP contribution < -0.4 is 11.3 Å². The first-order chi connectivity index (χ1) is 9.63. The Bertz CT molecular complexity index is 438. The lowest BCUT2D eigenvalue weighted by atomic mass is 10.2. The van der Waals surface area contributed by atoms with E-state index in [0.29, 0.717) is 11.9 Å². The maximum atomic E-state index is 5.84. The highest BCUT2D eigenvalue weighted by atomic mass is 16.5. The Morgan fingerprint density at radius 1 is 1.50 bits per heavy atom. The Morgan fingerprint density at radius 3 is 2.95 bits per heavy atom. The van der Waals surface area contributed by atoms with E-state index in [0.717, 1.165) is 44.1 Å². The summed E-state index contributed by atoms with van der Waals surface area (Å²) in [5, 5.41) is 0. The monoisotopic (exact) mass is 279 g/mol. The minimum Gasteiger partial charge on any atom is -0.368 e. The Hall–Kier alpha value is -1.24. The molecule has 3 N–H and O–H groups in total. The number of nitrogens with zero attached hydrogens (tertiary/aromatic N) is 3. The van der Waals surface area contributed by atoms with Crippen molar-refractivity contribution >= 4 is 5.82 Å². The van der Waals surface area contributed by atoms with Crippen LogP contribution in [-0.4, -0.2) is 40.6 Å². The molecule has 1 saturated heterocycles. The molecule has 1 unspecified atom stereocenters. The van der Waals surface area contributed by atoms with Crippen LogP contribution in [-0.2, 0) is 11.2 Å². The average Bonchev–Trinajstić information content (AvgIpc) is 2.47. The average molecular weight is 279 g/mol. The van der Waals surface area contributed by atoms with Crippen molar-refractivity contribution in [2.45, 2.75) is 45.8 Å². The molecule has 6 nitrogen and oxygen atoms in total. The number of aromatic nitrogens is 2. The summed E-state index contributed by atoms with van der Waals surface area (Å²) in [4.78, 5) is 11.5. The zero-order valence-electron chi connectivity index (χ0n) is 12.6. The van der Waals surface area contributed by atoms with E-state index in [9.17, 15) is 0 Å². The van der Waals surface area contributed by atoms with Crippen molar-refractivity contribution in [1.82, 2.24) is 14.9 Å². The fourth-order valence-electron chi connectivity index (χ4n) is 2.41. The molecule has 0 aliphatic carbocycles. The number of nitrogen functional groups attached to an aromatic ring is 1. The van der Waals surface area contributed by atoms with E-state index in [4.69, 9.17) is 10.6 Å². The molecular weight excluding hydrogens is 254 g/mol. The molecule has 20 heavy (non-hydrogen) atoms. The molecule has 1 aliphatic heterocycles. The first-order valence-corrected chi connectivity index (χ1v) is 7.34. The largest absolute Gasteiger partial charge is 0.368 e. The number of nitrogens with two attached hydrogens (primary N) is 1. The van der Waals surface area contributed by atoms with E-state index in [2.05, 4.69) is 41.1 Å². The van der Waals surface area contributed by atoms with Gasteiger partial charge in [0.15, 0.2) is 5.82 Å². The van der Waals surface area contributed by atoms with Crippen LogP contribution in [0.4, 0.5) is 5.82 Å². The topological polar surface area (TPSA) is 76.3 Å². The molecule has 0 bridgehead atoms. The van der Waals surface area contributed by atoms with Gasteiger partial charge in [-0.1, -0.05) is 13.3 Å². The highest BCUT2D eigenvalue weighted by molar-refractivity contribution is 5.35. The molecule has 1 aromatic heterocycles. The summed E-state index contributed by atoms with van der Waals surface area (Å²) in [7, 11) is 0. The third-order valence-electron chi connectivity index (χ3n) is 3.57. The van der Waals surface area contributed by atoms with Crippen LogP contribution in [0.2, 0.25) is 0 Å². The second-order valence-corrected chi connectivity index (χ2v) is 5.45. The van der Waals surface area contributed by atoms with E-state index >= 15 is 0 Å². The van der Waals surface area contributed by atoms with Crippen LogP contribution in [0.1, 0.15) is 44.8 Å². The maximum Gasteiger partial charge on any atom is 0.161 e. The summed E-state index contributed by atoms with van der Waals surface area (Å²) < 4.78 is 5.84. The van der Waals surface area contributed by atoms with E-state index in [1.165, 1.54) is 0 Å². The highest BCUT2D eigenvalue weighted by Gasteiger charge is 2.26. The molecule has 0 aromatic carbocycles. The lowest BCUT2D eigenvalue weighted by molar-refractivity contribution is -0.0443. The third-order valence-corrected chi connectivity index (χ3v) is 3.57. The van der Waals surface area contributed by atoms with Gasteiger partial charge < -0.3 is 10.2 Å². The summed E-state index contributed by atoms with van der Waals surface area (Å²) >= 11 is 0. The van der Waals surface area contributed by atoms with Crippen LogP contribution in [0.3, 0.4) is 0 Å².